The molecule has 0 aliphatic carbocycles. The van der Waals surface area contributed by atoms with Gasteiger partial charge in [-0.25, -0.2) is 9.97 Å². The summed E-state index contributed by atoms with van der Waals surface area (Å²) < 4.78 is 0. The molecule has 3 heterocycles. The van der Waals surface area contributed by atoms with Gasteiger partial charge in [0.05, 0.1) is 23.0 Å². The molecule has 21 heavy (non-hydrogen) atoms. The van der Waals surface area contributed by atoms with Crippen molar-refractivity contribution < 1.29 is 4.79 Å². The van der Waals surface area contributed by atoms with Crippen molar-refractivity contribution in [2.45, 2.75) is 25.7 Å². The van der Waals surface area contributed by atoms with Gasteiger partial charge in [0.1, 0.15) is 0 Å². The van der Waals surface area contributed by atoms with E-state index in [1.165, 1.54) is 37.0 Å². The third kappa shape index (κ3) is 3.58. The van der Waals surface area contributed by atoms with E-state index >= 15 is 0 Å². The van der Waals surface area contributed by atoms with E-state index in [-0.39, 0.29) is 5.91 Å². The maximum atomic E-state index is 11.9. The van der Waals surface area contributed by atoms with E-state index in [9.17, 15) is 4.79 Å². The van der Waals surface area contributed by atoms with Crippen LogP contribution >= 0.6 is 11.3 Å². The van der Waals surface area contributed by atoms with E-state index in [0.717, 1.165) is 19.0 Å². The summed E-state index contributed by atoms with van der Waals surface area (Å²) in [5, 5.41) is 4.70. The highest BCUT2D eigenvalue weighted by Crippen LogP contribution is 2.17. The lowest BCUT2D eigenvalue weighted by atomic mass is 10.2. The normalized spacial score (nSPS) is 15.5. The van der Waals surface area contributed by atoms with Crippen molar-refractivity contribution in [3.63, 3.8) is 0 Å². The van der Waals surface area contributed by atoms with Crippen LogP contribution in [0.25, 0.3) is 0 Å². The highest BCUT2D eigenvalue weighted by Gasteiger charge is 2.13. The molecule has 0 spiro atoms. The predicted octanol–water partition coefficient (Wildman–Crippen LogP) is 3.17. The van der Waals surface area contributed by atoms with Gasteiger partial charge in [0.15, 0.2) is 0 Å². The van der Waals surface area contributed by atoms with Gasteiger partial charge in [-0.3, -0.25) is 4.79 Å². The number of aromatic nitrogens is 2. The van der Waals surface area contributed by atoms with Gasteiger partial charge in [-0.1, -0.05) is 18.9 Å². The second-order valence-electron chi connectivity index (χ2n) is 5.10. The summed E-state index contributed by atoms with van der Waals surface area (Å²) in [5.41, 5.74) is 0.631. The molecule has 1 aliphatic heterocycles. The Kier molecular flexibility index (Phi) is 4.45. The molecule has 1 saturated heterocycles. The molecule has 0 unspecified atom stereocenters. The summed E-state index contributed by atoms with van der Waals surface area (Å²) in [5.74, 6) is 0.641. The van der Waals surface area contributed by atoms with Gasteiger partial charge in [0.2, 0.25) is 5.95 Å². The lowest BCUT2D eigenvalue weighted by Crippen LogP contribution is -2.26. The highest BCUT2D eigenvalue weighted by atomic mass is 32.1. The quantitative estimate of drug-likeness (QED) is 0.946. The van der Waals surface area contributed by atoms with E-state index in [1.54, 1.807) is 18.5 Å². The molecule has 0 radical (unpaired) electrons. The molecule has 6 heteroatoms. The Bertz CT molecular complexity index is 574. The van der Waals surface area contributed by atoms with Gasteiger partial charge in [0, 0.05) is 13.1 Å². The van der Waals surface area contributed by atoms with Gasteiger partial charge in [-0.05, 0) is 24.3 Å². The van der Waals surface area contributed by atoms with E-state index in [4.69, 9.17) is 0 Å². The number of anilines is 2. The van der Waals surface area contributed by atoms with Crippen molar-refractivity contribution in [3.05, 3.63) is 34.8 Å². The number of carbonyl (C=O) groups is 1. The number of rotatable bonds is 3. The maximum Gasteiger partial charge on any atom is 0.265 e. The number of hydrogen-bond donors (Lipinski definition) is 1. The summed E-state index contributed by atoms with van der Waals surface area (Å²) in [6.07, 6.45) is 8.31. The smallest absolute Gasteiger partial charge is 0.265 e. The van der Waals surface area contributed by atoms with Crippen LogP contribution in [-0.4, -0.2) is 29.0 Å². The van der Waals surface area contributed by atoms with Crippen LogP contribution in [-0.2, 0) is 0 Å². The number of amides is 1. The number of hydrogen-bond acceptors (Lipinski definition) is 5. The summed E-state index contributed by atoms with van der Waals surface area (Å²) >= 11 is 1.42. The van der Waals surface area contributed by atoms with Crippen molar-refractivity contribution in [2.75, 3.05) is 23.3 Å². The average molecular weight is 302 g/mol. The van der Waals surface area contributed by atoms with Gasteiger partial charge < -0.3 is 10.2 Å². The number of nitrogens with one attached hydrogen (secondary N) is 1. The van der Waals surface area contributed by atoms with Crippen LogP contribution < -0.4 is 10.2 Å². The average Bonchev–Trinajstić information content (AvgIpc) is 2.91. The fourth-order valence-corrected chi connectivity index (χ4v) is 3.04. The zero-order valence-corrected chi connectivity index (χ0v) is 12.6. The number of thiophene rings is 1. The topological polar surface area (TPSA) is 58.1 Å². The molecule has 5 nitrogen and oxygen atoms in total. The Morgan fingerprint density at radius 3 is 2.48 bits per heavy atom. The van der Waals surface area contributed by atoms with Gasteiger partial charge in [-0.2, -0.15) is 0 Å². The van der Waals surface area contributed by atoms with Crippen molar-refractivity contribution in [1.82, 2.24) is 9.97 Å². The minimum atomic E-state index is -0.115. The Balaban J connectivity index is 1.65. The third-order valence-corrected chi connectivity index (χ3v) is 4.40. The van der Waals surface area contributed by atoms with E-state index in [1.807, 2.05) is 11.4 Å². The van der Waals surface area contributed by atoms with Crippen LogP contribution in [0.3, 0.4) is 0 Å². The van der Waals surface area contributed by atoms with Crippen LogP contribution in [0, 0.1) is 0 Å². The second-order valence-corrected chi connectivity index (χ2v) is 6.05. The zero-order valence-electron chi connectivity index (χ0n) is 11.8. The molecule has 1 fully saturated rings. The molecule has 1 amide bonds. The van der Waals surface area contributed by atoms with Crippen LogP contribution in [0.2, 0.25) is 0 Å². The third-order valence-electron chi connectivity index (χ3n) is 3.53. The Morgan fingerprint density at radius 1 is 1.14 bits per heavy atom. The van der Waals surface area contributed by atoms with Crippen LogP contribution in [0.1, 0.15) is 35.4 Å². The summed E-state index contributed by atoms with van der Waals surface area (Å²) in [4.78, 5) is 23.6. The molecule has 110 valence electrons. The van der Waals surface area contributed by atoms with E-state index < -0.39 is 0 Å². The van der Waals surface area contributed by atoms with Crippen molar-refractivity contribution in [2.24, 2.45) is 0 Å². The standard InChI is InChI=1S/C15H18N4OS/c20-14(13-6-5-9-21-13)18-12-10-16-15(17-11-12)19-7-3-1-2-4-8-19/h5-6,9-11H,1-4,7-8H2,(H,18,20). The molecule has 3 rings (SSSR count). The molecule has 0 atom stereocenters. The van der Waals surface area contributed by atoms with Crippen molar-refractivity contribution in [3.8, 4) is 0 Å². The minimum Gasteiger partial charge on any atom is -0.341 e. The fourth-order valence-electron chi connectivity index (χ4n) is 2.42. The van der Waals surface area contributed by atoms with Crippen molar-refractivity contribution >= 4 is 28.9 Å². The molecular weight excluding hydrogens is 284 g/mol. The molecule has 2 aromatic heterocycles. The monoisotopic (exact) mass is 302 g/mol. The highest BCUT2D eigenvalue weighted by molar-refractivity contribution is 7.12. The minimum absolute atomic E-state index is 0.115. The number of nitrogens with zero attached hydrogens (tertiary/aromatic N) is 3. The molecular formula is C15H18N4OS. The first-order valence-electron chi connectivity index (χ1n) is 7.25. The molecule has 0 bridgehead atoms. The first-order valence-corrected chi connectivity index (χ1v) is 8.13. The molecule has 2 aromatic rings. The molecule has 1 N–H and O–H groups in total. The summed E-state index contributed by atoms with van der Waals surface area (Å²) in [7, 11) is 0. The van der Waals surface area contributed by atoms with Crippen LogP contribution in [0.5, 0.6) is 0 Å². The molecule has 0 saturated carbocycles. The number of carbonyl (C=O) groups excluding carboxylic acids is 1. The van der Waals surface area contributed by atoms with Gasteiger partial charge in [0.25, 0.3) is 5.91 Å². The molecule has 0 aromatic carbocycles. The fraction of sp³-hybridized carbons (Fsp3) is 0.400. The van der Waals surface area contributed by atoms with Gasteiger partial charge in [-0.15, -0.1) is 11.3 Å². The SMILES string of the molecule is O=C(Nc1cnc(N2CCCCCC2)nc1)c1cccs1. The largest absolute Gasteiger partial charge is 0.341 e. The van der Waals surface area contributed by atoms with Crippen LogP contribution in [0.4, 0.5) is 11.6 Å². The zero-order chi connectivity index (χ0) is 14.5. The lowest BCUT2D eigenvalue weighted by molar-refractivity contribution is 0.103. The summed E-state index contributed by atoms with van der Waals surface area (Å²) in [6, 6.07) is 3.66. The molecule has 1 aliphatic rings. The van der Waals surface area contributed by atoms with Gasteiger partial charge >= 0.3 is 0 Å². The Morgan fingerprint density at radius 2 is 1.86 bits per heavy atom. The first kappa shape index (κ1) is 14.0. The lowest BCUT2D eigenvalue weighted by Gasteiger charge is -2.19. The predicted molar refractivity (Wildman–Crippen MR) is 85.0 cm³/mol. The Hall–Kier alpha value is -1.95. The Labute approximate surface area is 128 Å². The van der Waals surface area contributed by atoms with E-state index in [2.05, 4.69) is 20.2 Å². The maximum absolute atomic E-state index is 11.9. The van der Waals surface area contributed by atoms with Crippen molar-refractivity contribution in [1.29, 1.82) is 0 Å². The van der Waals surface area contributed by atoms with Crippen LogP contribution in [0.15, 0.2) is 29.9 Å². The second kappa shape index (κ2) is 6.67. The first-order chi connectivity index (χ1) is 10.3. The van der Waals surface area contributed by atoms with E-state index in [0.29, 0.717) is 10.6 Å². The summed E-state index contributed by atoms with van der Waals surface area (Å²) in [6.45, 7) is 2.03.